The van der Waals surface area contributed by atoms with Gasteiger partial charge in [-0.05, 0) is 102 Å². The molecule has 0 aliphatic carbocycles. The summed E-state index contributed by atoms with van der Waals surface area (Å²) in [7, 11) is 0. The Morgan fingerprint density at radius 3 is 1.59 bits per heavy atom. The molecular formula is C53H32N4S2. The first kappa shape index (κ1) is 32.8. The number of hydrogen-bond donors (Lipinski definition) is 0. The van der Waals surface area contributed by atoms with E-state index in [0.29, 0.717) is 0 Å². The maximum atomic E-state index is 4.74. The average molecular weight is 789 g/mol. The van der Waals surface area contributed by atoms with Crippen molar-refractivity contribution >= 4 is 97.6 Å². The van der Waals surface area contributed by atoms with Gasteiger partial charge in [-0.2, -0.15) is 0 Å². The van der Waals surface area contributed by atoms with Crippen molar-refractivity contribution in [3.8, 4) is 37.9 Å². The summed E-state index contributed by atoms with van der Waals surface area (Å²) in [5, 5.41) is 6.12. The summed E-state index contributed by atoms with van der Waals surface area (Å²) < 4.78 is 9.95. The highest BCUT2D eigenvalue weighted by molar-refractivity contribution is 7.30. The molecule has 0 atom stereocenters. The van der Waals surface area contributed by atoms with Crippen molar-refractivity contribution in [3.63, 3.8) is 0 Å². The average Bonchev–Trinajstić information content (AvgIpc) is 4.11. The van der Waals surface area contributed by atoms with Crippen molar-refractivity contribution in [1.82, 2.24) is 18.7 Å². The van der Waals surface area contributed by atoms with E-state index in [-0.39, 0.29) is 0 Å². The molecule has 276 valence electrons. The topological polar surface area (TPSA) is 27.7 Å². The van der Waals surface area contributed by atoms with E-state index in [1.54, 1.807) is 0 Å². The standard InChI is InChI=1S/C53H32N4S2/c1-4-14-33(15-5-1)50-31-48-52(58-50)53-49(57(48)44-24-12-22-42-38(44)21-13-27-54-42)32-51(59-53)34-25-26-45-39(28-34)41-30-46-40(29-47(41)56(45)36-18-8-3-9-19-36)37-20-10-11-23-43(37)55(46)35-16-6-2-7-17-35/h1-32H. The van der Waals surface area contributed by atoms with E-state index >= 15 is 0 Å². The summed E-state index contributed by atoms with van der Waals surface area (Å²) in [5.74, 6) is 0. The first-order chi connectivity index (χ1) is 29.3. The van der Waals surface area contributed by atoms with Crippen LogP contribution in [0, 0.1) is 0 Å². The number of para-hydroxylation sites is 3. The molecular weight excluding hydrogens is 757 g/mol. The second-order valence-corrected chi connectivity index (χ2v) is 17.3. The minimum absolute atomic E-state index is 0.995. The van der Waals surface area contributed by atoms with Gasteiger partial charge in [0.25, 0.3) is 0 Å². The number of aromatic nitrogens is 4. The number of pyridine rings is 1. The van der Waals surface area contributed by atoms with E-state index in [9.17, 15) is 0 Å². The zero-order valence-corrected chi connectivity index (χ0v) is 33.2. The van der Waals surface area contributed by atoms with Gasteiger partial charge in [-0.25, -0.2) is 0 Å². The van der Waals surface area contributed by atoms with E-state index in [2.05, 4.69) is 196 Å². The van der Waals surface area contributed by atoms with Crippen LogP contribution in [0.3, 0.4) is 0 Å². The molecule has 0 aliphatic rings. The predicted molar refractivity (Wildman–Crippen MR) is 251 cm³/mol. The summed E-state index contributed by atoms with van der Waals surface area (Å²) in [6.45, 7) is 0. The zero-order valence-electron chi connectivity index (χ0n) is 31.6. The van der Waals surface area contributed by atoms with E-state index < -0.39 is 0 Å². The maximum absolute atomic E-state index is 4.74. The van der Waals surface area contributed by atoms with Gasteiger partial charge in [0.15, 0.2) is 0 Å². The molecule has 0 saturated heterocycles. The minimum Gasteiger partial charge on any atom is -0.309 e. The van der Waals surface area contributed by atoms with Gasteiger partial charge in [-0.15, -0.1) is 22.7 Å². The van der Waals surface area contributed by atoms with Gasteiger partial charge in [-0.3, -0.25) is 4.98 Å². The summed E-state index contributed by atoms with van der Waals surface area (Å²) in [6.07, 6.45) is 1.88. The molecule has 0 aliphatic heterocycles. The van der Waals surface area contributed by atoms with E-state index in [1.165, 1.54) is 84.9 Å². The molecule has 7 aromatic carbocycles. The van der Waals surface area contributed by atoms with Crippen molar-refractivity contribution in [2.75, 3.05) is 0 Å². The molecule has 6 aromatic heterocycles. The maximum Gasteiger partial charge on any atom is 0.0723 e. The van der Waals surface area contributed by atoms with Gasteiger partial charge in [-0.1, -0.05) is 97.1 Å². The smallest absolute Gasteiger partial charge is 0.0723 e. The van der Waals surface area contributed by atoms with Crippen LogP contribution in [0.15, 0.2) is 194 Å². The van der Waals surface area contributed by atoms with Crippen molar-refractivity contribution in [3.05, 3.63) is 194 Å². The van der Waals surface area contributed by atoms with Crippen LogP contribution < -0.4 is 0 Å². The highest BCUT2D eigenvalue weighted by atomic mass is 32.1. The molecule has 6 heterocycles. The highest BCUT2D eigenvalue weighted by Gasteiger charge is 2.23. The Kier molecular flexibility index (Phi) is 7.02. The van der Waals surface area contributed by atoms with Crippen LogP contribution in [0.25, 0.3) is 113 Å². The van der Waals surface area contributed by atoms with Gasteiger partial charge >= 0.3 is 0 Å². The molecule has 59 heavy (non-hydrogen) atoms. The minimum atomic E-state index is 0.995. The van der Waals surface area contributed by atoms with Crippen LogP contribution in [0.5, 0.6) is 0 Å². The Bertz CT molecular complexity index is 3770. The summed E-state index contributed by atoms with van der Waals surface area (Å²) >= 11 is 3.78. The fourth-order valence-electron chi connectivity index (χ4n) is 9.32. The van der Waals surface area contributed by atoms with Crippen LogP contribution in [0.2, 0.25) is 0 Å². The highest BCUT2D eigenvalue weighted by Crippen LogP contribution is 2.48. The van der Waals surface area contributed by atoms with Crippen LogP contribution in [-0.2, 0) is 0 Å². The van der Waals surface area contributed by atoms with Gasteiger partial charge in [0.05, 0.1) is 53.7 Å². The van der Waals surface area contributed by atoms with Crippen molar-refractivity contribution in [1.29, 1.82) is 0 Å². The third-order valence-corrected chi connectivity index (χ3v) is 14.4. The molecule has 4 nitrogen and oxygen atoms in total. The fraction of sp³-hybridized carbons (Fsp3) is 0. The fourth-order valence-corrected chi connectivity index (χ4v) is 11.8. The van der Waals surface area contributed by atoms with E-state index in [1.807, 2.05) is 34.9 Å². The SMILES string of the molecule is c1ccc(-c2cc3c(s2)c2sc(-c4ccc5c(c4)c4cc6c(cc4n5-c4ccccc4)c4ccccc4n6-c4ccccc4)cc2n3-c2cccc3ncccc23)cc1. The molecule has 0 spiro atoms. The Morgan fingerprint density at radius 2 is 0.898 bits per heavy atom. The number of benzene rings is 7. The van der Waals surface area contributed by atoms with E-state index in [0.717, 1.165) is 28.0 Å². The Hall–Kier alpha value is -7.25. The van der Waals surface area contributed by atoms with Gasteiger partial charge in [0.1, 0.15) is 0 Å². The Balaban J connectivity index is 1.08. The Morgan fingerprint density at radius 1 is 0.339 bits per heavy atom. The van der Waals surface area contributed by atoms with Crippen molar-refractivity contribution in [2.45, 2.75) is 0 Å². The van der Waals surface area contributed by atoms with E-state index in [4.69, 9.17) is 4.98 Å². The third kappa shape index (κ3) is 4.85. The molecule has 0 fully saturated rings. The van der Waals surface area contributed by atoms with Crippen molar-refractivity contribution < 1.29 is 0 Å². The lowest BCUT2D eigenvalue weighted by atomic mass is 10.1. The van der Waals surface area contributed by atoms with Crippen LogP contribution in [0.4, 0.5) is 0 Å². The lowest BCUT2D eigenvalue weighted by molar-refractivity contribution is 1.17. The quantitative estimate of drug-likeness (QED) is 0.171. The number of rotatable bonds is 5. The monoisotopic (exact) mass is 788 g/mol. The molecule has 6 heteroatoms. The summed E-state index contributed by atoms with van der Waals surface area (Å²) in [5.41, 5.74) is 14.2. The third-order valence-electron chi connectivity index (χ3n) is 11.9. The summed E-state index contributed by atoms with van der Waals surface area (Å²) in [4.78, 5) is 7.26. The lowest BCUT2D eigenvalue weighted by Crippen LogP contribution is -1.94. The first-order valence-corrected chi connectivity index (χ1v) is 21.5. The second kappa shape index (κ2) is 12.6. The summed E-state index contributed by atoms with van der Waals surface area (Å²) in [6, 6.07) is 68.5. The molecule has 0 unspecified atom stereocenters. The normalized spacial score (nSPS) is 12.1. The van der Waals surface area contributed by atoms with Crippen LogP contribution in [0.1, 0.15) is 0 Å². The largest absolute Gasteiger partial charge is 0.309 e. The molecule has 0 radical (unpaired) electrons. The van der Waals surface area contributed by atoms with Crippen molar-refractivity contribution in [2.24, 2.45) is 0 Å². The van der Waals surface area contributed by atoms with Crippen LogP contribution >= 0.6 is 22.7 Å². The number of thiophene rings is 2. The molecule has 13 rings (SSSR count). The molecule has 0 N–H and O–H groups in total. The molecule has 0 amide bonds. The first-order valence-electron chi connectivity index (χ1n) is 19.9. The zero-order chi connectivity index (χ0) is 38.6. The van der Waals surface area contributed by atoms with Crippen LogP contribution in [-0.4, -0.2) is 18.7 Å². The lowest BCUT2D eigenvalue weighted by Gasteiger charge is -2.10. The van der Waals surface area contributed by atoms with Gasteiger partial charge in [0.2, 0.25) is 0 Å². The second-order valence-electron chi connectivity index (χ2n) is 15.2. The molecule has 0 bridgehead atoms. The molecule has 13 aromatic rings. The Labute approximate surface area is 346 Å². The van der Waals surface area contributed by atoms with Gasteiger partial charge in [0, 0.05) is 54.3 Å². The predicted octanol–water partition coefficient (Wildman–Crippen LogP) is 15.0. The molecule has 0 saturated carbocycles. The van der Waals surface area contributed by atoms with Gasteiger partial charge < -0.3 is 13.7 Å². The number of nitrogens with zero attached hydrogens (tertiary/aromatic N) is 4. The number of fused-ring (bicyclic) bond motifs is 10. The number of hydrogen-bond acceptors (Lipinski definition) is 3.